The molecule has 2 heterocycles. The quantitative estimate of drug-likeness (QED) is 0.849. The Morgan fingerprint density at radius 3 is 2.38 bits per heavy atom. The Kier molecular flexibility index (Phi) is 4.93. The monoisotopic (exact) mass is 355 g/mol. The van der Waals surface area contributed by atoms with Crippen molar-refractivity contribution in [3.63, 3.8) is 0 Å². The Bertz CT molecular complexity index is 836. The van der Waals surface area contributed by atoms with E-state index in [0.717, 1.165) is 5.56 Å². The predicted molar refractivity (Wildman–Crippen MR) is 95.0 cm³/mol. The molecule has 1 amide bonds. The number of piperidine rings is 1. The lowest BCUT2D eigenvalue weighted by Gasteiger charge is -2.35. The van der Waals surface area contributed by atoms with Gasteiger partial charge in [-0.15, -0.1) is 0 Å². The minimum absolute atomic E-state index is 0.0149. The number of carboxylic acids is 1. The zero-order valence-corrected chi connectivity index (χ0v) is 14.8. The lowest BCUT2D eigenvalue weighted by molar-refractivity contribution is -0.143. The van der Waals surface area contributed by atoms with Crippen LogP contribution in [0.25, 0.3) is 11.3 Å². The van der Waals surface area contributed by atoms with E-state index < -0.39 is 11.9 Å². The number of likely N-dealkylation sites (tertiary alicyclic amines) is 1. The molecule has 6 nitrogen and oxygen atoms in total. The van der Waals surface area contributed by atoms with Crippen molar-refractivity contribution in [2.24, 2.45) is 5.92 Å². The molecule has 0 radical (unpaired) electrons. The van der Waals surface area contributed by atoms with E-state index in [-0.39, 0.29) is 30.0 Å². The van der Waals surface area contributed by atoms with Crippen LogP contribution in [-0.2, 0) is 4.79 Å². The minimum atomic E-state index is -0.875. The highest BCUT2D eigenvalue weighted by Crippen LogP contribution is 2.27. The van der Waals surface area contributed by atoms with Crippen LogP contribution in [0.5, 0.6) is 0 Å². The summed E-state index contributed by atoms with van der Waals surface area (Å²) < 4.78 is 5.71. The molecule has 1 saturated heterocycles. The number of carbonyl (C=O) groups is 3. The third-order valence-electron chi connectivity index (χ3n) is 4.88. The molecule has 0 bridgehead atoms. The normalized spacial score (nSPS) is 20.0. The number of rotatable bonds is 4. The van der Waals surface area contributed by atoms with Crippen LogP contribution in [0.2, 0.25) is 0 Å². The first kappa shape index (κ1) is 17.9. The third-order valence-corrected chi connectivity index (χ3v) is 4.88. The van der Waals surface area contributed by atoms with Crippen molar-refractivity contribution in [1.29, 1.82) is 0 Å². The maximum absolute atomic E-state index is 12.8. The van der Waals surface area contributed by atoms with Crippen LogP contribution < -0.4 is 0 Å². The van der Waals surface area contributed by atoms with E-state index >= 15 is 0 Å². The van der Waals surface area contributed by atoms with Crippen molar-refractivity contribution < 1.29 is 23.9 Å². The van der Waals surface area contributed by atoms with Gasteiger partial charge in [-0.25, -0.2) is 0 Å². The van der Waals surface area contributed by atoms with Gasteiger partial charge >= 0.3 is 5.97 Å². The van der Waals surface area contributed by atoms with Crippen molar-refractivity contribution >= 4 is 17.7 Å². The fourth-order valence-corrected chi connectivity index (χ4v) is 3.21. The third kappa shape index (κ3) is 3.54. The molecule has 26 heavy (non-hydrogen) atoms. The van der Waals surface area contributed by atoms with E-state index in [1.807, 2.05) is 6.92 Å². The number of aliphatic carboxylic acids is 1. The van der Waals surface area contributed by atoms with Crippen LogP contribution in [0.4, 0.5) is 0 Å². The van der Waals surface area contributed by atoms with Gasteiger partial charge in [0.2, 0.25) is 0 Å². The molecule has 0 aliphatic carbocycles. The summed E-state index contributed by atoms with van der Waals surface area (Å²) in [5.74, 6) is -1.01. The Morgan fingerprint density at radius 2 is 1.77 bits per heavy atom. The summed E-state index contributed by atoms with van der Waals surface area (Å²) in [4.78, 5) is 36.9. The lowest BCUT2D eigenvalue weighted by atomic mass is 9.93. The van der Waals surface area contributed by atoms with Crippen molar-refractivity contribution in [2.75, 3.05) is 6.54 Å². The Balaban J connectivity index is 1.79. The molecule has 1 fully saturated rings. The fourth-order valence-electron chi connectivity index (χ4n) is 3.21. The van der Waals surface area contributed by atoms with Gasteiger partial charge in [-0.2, -0.15) is 0 Å². The zero-order chi connectivity index (χ0) is 18.8. The molecule has 0 saturated carbocycles. The van der Waals surface area contributed by atoms with E-state index in [1.165, 1.54) is 6.92 Å². The minimum Gasteiger partial charge on any atom is -0.481 e. The van der Waals surface area contributed by atoms with Gasteiger partial charge < -0.3 is 14.4 Å². The second kappa shape index (κ2) is 7.15. The molecular formula is C20H21NO5. The van der Waals surface area contributed by atoms with Gasteiger partial charge in [-0.05, 0) is 38.8 Å². The lowest BCUT2D eigenvalue weighted by Crippen LogP contribution is -2.47. The summed E-state index contributed by atoms with van der Waals surface area (Å²) in [6, 6.07) is 10.3. The summed E-state index contributed by atoms with van der Waals surface area (Å²) in [6.45, 7) is 3.61. The number of carboxylic acid groups (broad SMARTS) is 1. The highest BCUT2D eigenvalue weighted by molar-refractivity contribution is 5.95. The number of ketones is 1. The summed E-state index contributed by atoms with van der Waals surface area (Å²) in [6.07, 6.45) is 1.23. The van der Waals surface area contributed by atoms with E-state index in [4.69, 9.17) is 4.42 Å². The van der Waals surface area contributed by atoms with Gasteiger partial charge in [0.25, 0.3) is 5.91 Å². The number of hydrogen-bond acceptors (Lipinski definition) is 4. The molecule has 1 N–H and O–H groups in total. The number of furan rings is 1. The Labute approximate surface area is 151 Å². The maximum Gasteiger partial charge on any atom is 0.308 e. The van der Waals surface area contributed by atoms with Crippen LogP contribution in [0.1, 0.15) is 47.6 Å². The first-order chi connectivity index (χ1) is 12.4. The Hall–Kier alpha value is -2.89. The van der Waals surface area contributed by atoms with Crippen molar-refractivity contribution in [2.45, 2.75) is 32.7 Å². The molecule has 6 heteroatoms. The smallest absolute Gasteiger partial charge is 0.308 e. The van der Waals surface area contributed by atoms with Crippen molar-refractivity contribution in [1.82, 2.24) is 4.90 Å². The number of carbonyl (C=O) groups excluding carboxylic acids is 2. The molecule has 1 aliphatic heterocycles. The summed E-state index contributed by atoms with van der Waals surface area (Å²) >= 11 is 0. The largest absolute Gasteiger partial charge is 0.481 e. The second-order valence-electron chi connectivity index (χ2n) is 6.72. The summed E-state index contributed by atoms with van der Waals surface area (Å²) in [5, 5.41) is 9.22. The number of nitrogens with zero attached hydrogens (tertiary/aromatic N) is 1. The van der Waals surface area contributed by atoms with Gasteiger partial charge in [0.05, 0.1) is 5.92 Å². The van der Waals surface area contributed by atoms with Crippen LogP contribution in [-0.4, -0.2) is 40.3 Å². The first-order valence-electron chi connectivity index (χ1n) is 8.62. The molecule has 1 aliphatic rings. The molecule has 2 aromatic rings. The van der Waals surface area contributed by atoms with Gasteiger partial charge in [-0.1, -0.05) is 24.3 Å². The summed E-state index contributed by atoms with van der Waals surface area (Å²) in [7, 11) is 0. The molecule has 2 unspecified atom stereocenters. The number of amides is 1. The second-order valence-corrected chi connectivity index (χ2v) is 6.72. The number of benzene rings is 1. The van der Waals surface area contributed by atoms with Gasteiger partial charge in [0.1, 0.15) is 5.76 Å². The molecule has 0 spiro atoms. The average Bonchev–Trinajstić information content (AvgIpc) is 3.11. The van der Waals surface area contributed by atoms with Crippen LogP contribution in [0, 0.1) is 5.92 Å². The average molecular weight is 355 g/mol. The van der Waals surface area contributed by atoms with Crippen molar-refractivity contribution in [3.8, 4) is 11.3 Å². The first-order valence-corrected chi connectivity index (χ1v) is 8.62. The Morgan fingerprint density at radius 1 is 1.08 bits per heavy atom. The van der Waals surface area contributed by atoms with Gasteiger partial charge in [0, 0.05) is 23.7 Å². The molecule has 136 valence electrons. The maximum atomic E-state index is 12.8. The van der Waals surface area contributed by atoms with Gasteiger partial charge in [-0.3, -0.25) is 14.4 Å². The zero-order valence-electron chi connectivity index (χ0n) is 14.8. The molecule has 1 aromatic heterocycles. The van der Waals surface area contributed by atoms with E-state index in [9.17, 15) is 19.5 Å². The standard InChI is InChI=1S/C20H21NO5/c1-12-3-4-16(20(24)25)11-21(12)19(23)18-10-9-17(26-18)15-7-5-14(6-8-15)13(2)22/h5-10,12,16H,3-4,11H2,1-2H3,(H,24,25). The molecular weight excluding hydrogens is 334 g/mol. The van der Waals surface area contributed by atoms with E-state index in [1.54, 1.807) is 41.3 Å². The summed E-state index contributed by atoms with van der Waals surface area (Å²) in [5.41, 5.74) is 1.38. The number of Topliss-reactive ketones (excluding diaryl/α,β-unsaturated/α-hetero) is 1. The van der Waals surface area contributed by atoms with E-state index in [0.29, 0.717) is 24.2 Å². The molecule has 3 rings (SSSR count). The van der Waals surface area contributed by atoms with Crippen molar-refractivity contribution in [3.05, 3.63) is 47.7 Å². The molecule has 2 atom stereocenters. The highest BCUT2D eigenvalue weighted by atomic mass is 16.4. The van der Waals surface area contributed by atoms with Crippen LogP contribution in [0.3, 0.4) is 0 Å². The molecule has 1 aromatic carbocycles. The van der Waals surface area contributed by atoms with Crippen LogP contribution >= 0.6 is 0 Å². The fraction of sp³-hybridized carbons (Fsp3) is 0.350. The SMILES string of the molecule is CC(=O)c1ccc(-c2ccc(C(=O)N3CC(C(=O)O)CCC3C)o2)cc1. The van der Waals surface area contributed by atoms with Crippen LogP contribution in [0.15, 0.2) is 40.8 Å². The number of hydrogen-bond donors (Lipinski definition) is 1. The topological polar surface area (TPSA) is 87.8 Å². The van der Waals surface area contributed by atoms with Gasteiger partial charge in [0.15, 0.2) is 11.5 Å². The predicted octanol–water partition coefficient (Wildman–Crippen LogP) is 3.47. The highest BCUT2D eigenvalue weighted by Gasteiger charge is 2.34. The van der Waals surface area contributed by atoms with E-state index in [2.05, 4.69) is 0 Å².